The fraction of sp³-hybridized carbons (Fsp3) is 0.381. The summed E-state index contributed by atoms with van der Waals surface area (Å²) in [7, 11) is 0. The van der Waals surface area contributed by atoms with Crippen LogP contribution in [0.3, 0.4) is 0 Å². The Hall–Kier alpha value is -2.67. The first-order chi connectivity index (χ1) is 13.6. The van der Waals surface area contributed by atoms with E-state index in [1.165, 1.54) is 0 Å². The largest absolute Gasteiger partial charge is 0.347 e. The van der Waals surface area contributed by atoms with Crippen LogP contribution in [0.2, 0.25) is 0 Å². The van der Waals surface area contributed by atoms with Gasteiger partial charge in [-0.2, -0.15) is 0 Å². The molecular weight excluding hydrogens is 374 g/mol. The van der Waals surface area contributed by atoms with E-state index in [1.807, 2.05) is 29.6 Å². The van der Waals surface area contributed by atoms with Crippen molar-refractivity contribution in [1.82, 2.24) is 15.1 Å². The number of piperidine rings is 1. The van der Waals surface area contributed by atoms with Crippen LogP contribution < -0.4 is 5.32 Å². The van der Waals surface area contributed by atoms with Gasteiger partial charge in [0.2, 0.25) is 11.8 Å². The Bertz CT molecular complexity index is 864. The number of nitrogens with zero attached hydrogens (tertiary/aromatic N) is 2. The minimum Gasteiger partial charge on any atom is -0.347 e. The SMILES string of the molecule is O=C(NCc1cccs1)c1ccc(CN2CC(=O)N3CCCC[C@@H]3C2=O)cc1. The van der Waals surface area contributed by atoms with Crippen LogP contribution >= 0.6 is 11.3 Å². The van der Waals surface area contributed by atoms with Gasteiger partial charge >= 0.3 is 0 Å². The van der Waals surface area contributed by atoms with Crippen LogP contribution in [0.15, 0.2) is 41.8 Å². The zero-order valence-electron chi connectivity index (χ0n) is 15.6. The average Bonchev–Trinajstić information content (AvgIpc) is 3.24. The molecule has 0 saturated carbocycles. The monoisotopic (exact) mass is 397 g/mol. The third-order valence-electron chi connectivity index (χ3n) is 5.34. The maximum Gasteiger partial charge on any atom is 0.251 e. The molecule has 146 valence electrons. The van der Waals surface area contributed by atoms with Gasteiger partial charge in [0.25, 0.3) is 5.91 Å². The number of benzene rings is 1. The molecular formula is C21H23N3O3S. The second kappa shape index (κ2) is 8.14. The Labute approximate surface area is 168 Å². The summed E-state index contributed by atoms with van der Waals surface area (Å²) < 4.78 is 0. The molecule has 2 aliphatic heterocycles. The van der Waals surface area contributed by atoms with E-state index in [0.717, 1.165) is 29.7 Å². The third kappa shape index (κ3) is 3.94. The smallest absolute Gasteiger partial charge is 0.251 e. The molecule has 2 aliphatic rings. The normalized spacial score (nSPS) is 19.5. The highest BCUT2D eigenvalue weighted by atomic mass is 32.1. The summed E-state index contributed by atoms with van der Waals surface area (Å²) in [5.41, 5.74) is 1.50. The van der Waals surface area contributed by atoms with Crippen molar-refractivity contribution in [3.63, 3.8) is 0 Å². The molecule has 2 saturated heterocycles. The highest BCUT2D eigenvalue weighted by Gasteiger charge is 2.40. The van der Waals surface area contributed by atoms with Gasteiger partial charge in [0, 0.05) is 23.5 Å². The topological polar surface area (TPSA) is 69.7 Å². The van der Waals surface area contributed by atoms with E-state index in [-0.39, 0.29) is 30.3 Å². The number of fused-ring (bicyclic) bond motifs is 1. The lowest BCUT2D eigenvalue weighted by Crippen LogP contribution is -2.60. The van der Waals surface area contributed by atoms with Crippen LogP contribution in [-0.4, -0.2) is 46.7 Å². The summed E-state index contributed by atoms with van der Waals surface area (Å²) in [6.45, 7) is 1.74. The Kier molecular flexibility index (Phi) is 5.43. The van der Waals surface area contributed by atoms with Crippen molar-refractivity contribution in [1.29, 1.82) is 0 Å². The fourth-order valence-electron chi connectivity index (χ4n) is 3.83. The predicted molar refractivity (Wildman–Crippen MR) is 107 cm³/mol. The minimum atomic E-state index is -0.294. The molecule has 1 atom stereocenters. The molecule has 7 heteroatoms. The molecule has 4 rings (SSSR count). The molecule has 1 N–H and O–H groups in total. The van der Waals surface area contributed by atoms with Crippen LogP contribution in [0.4, 0.5) is 0 Å². The molecule has 2 fully saturated rings. The highest BCUT2D eigenvalue weighted by Crippen LogP contribution is 2.24. The van der Waals surface area contributed by atoms with Gasteiger partial charge in [0.15, 0.2) is 0 Å². The van der Waals surface area contributed by atoms with Gasteiger partial charge in [0.1, 0.15) is 12.6 Å². The second-order valence-electron chi connectivity index (χ2n) is 7.25. The van der Waals surface area contributed by atoms with E-state index in [2.05, 4.69) is 5.32 Å². The average molecular weight is 398 g/mol. The fourth-order valence-corrected chi connectivity index (χ4v) is 4.47. The van der Waals surface area contributed by atoms with Crippen molar-refractivity contribution in [2.24, 2.45) is 0 Å². The summed E-state index contributed by atoms with van der Waals surface area (Å²) in [6, 6.07) is 10.9. The van der Waals surface area contributed by atoms with Crippen molar-refractivity contribution in [2.45, 2.75) is 38.4 Å². The number of nitrogens with one attached hydrogen (secondary N) is 1. The lowest BCUT2D eigenvalue weighted by Gasteiger charge is -2.42. The second-order valence-corrected chi connectivity index (χ2v) is 8.28. The van der Waals surface area contributed by atoms with Gasteiger partial charge in [-0.05, 0) is 48.4 Å². The molecule has 0 unspecified atom stereocenters. The first-order valence-corrected chi connectivity index (χ1v) is 10.5. The molecule has 3 amide bonds. The van der Waals surface area contributed by atoms with Crippen LogP contribution in [0.5, 0.6) is 0 Å². The van der Waals surface area contributed by atoms with Crippen molar-refractivity contribution < 1.29 is 14.4 Å². The predicted octanol–water partition coefficient (Wildman–Crippen LogP) is 2.40. The maximum atomic E-state index is 12.8. The van der Waals surface area contributed by atoms with Crippen molar-refractivity contribution in [2.75, 3.05) is 13.1 Å². The molecule has 1 aromatic carbocycles. The van der Waals surface area contributed by atoms with Crippen molar-refractivity contribution in [3.8, 4) is 0 Å². The van der Waals surface area contributed by atoms with Gasteiger partial charge in [-0.1, -0.05) is 18.2 Å². The zero-order valence-corrected chi connectivity index (χ0v) is 16.4. The first kappa shape index (κ1) is 18.7. The Morgan fingerprint density at radius 1 is 1.14 bits per heavy atom. The summed E-state index contributed by atoms with van der Waals surface area (Å²) >= 11 is 1.61. The summed E-state index contributed by atoms with van der Waals surface area (Å²) in [5, 5.41) is 4.88. The molecule has 0 spiro atoms. The molecule has 6 nitrogen and oxygen atoms in total. The number of carbonyl (C=O) groups excluding carboxylic acids is 3. The van der Waals surface area contributed by atoms with E-state index in [1.54, 1.807) is 33.3 Å². The number of amides is 3. The van der Waals surface area contributed by atoms with Crippen LogP contribution in [-0.2, 0) is 22.7 Å². The number of rotatable bonds is 5. The molecule has 28 heavy (non-hydrogen) atoms. The molecule has 0 bridgehead atoms. The van der Waals surface area contributed by atoms with Gasteiger partial charge in [-0.3, -0.25) is 14.4 Å². The quantitative estimate of drug-likeness (QED) is 0.842. The summed E-state index contributed by atoms with van der Waals surface area (Å²) in [6.07, 6.45) is 2.72. The molecule has 3 heterocycles. The maximum absolute atomic E-state index is 12.8. The standard InChI is InChI=1S/C21H23N3O3S/c25-19-14-23(21(27)18-5-1-2-10-24(18)19)13-15-6-8-16(9-7-15)20(26)22-12-17-4-3-11-28-17/h3-4,6-9,11,18H,1-2,5,10,12-14H2,(H,22,26)/t18-/m1/s1. The summed E-state index contributed by atoms with van der Waals surface area (Å²) in [5.74, 6) is -0.0482. The molecule has 0 aliphatic carbocycles. The van der Waals surface area contributed by atoms with E-state index in [9.17, 15) is 14.4 Å². The number of hydrogen-bond acceptors (Lipinski definition) is 4. The van der Waals surface area contributed by atoms with Crippen LogP contribution in [0, 0.1) is 0 Å². The number of carbonyl (C=O) groups is 3. The van der Waals surface area contributed by atoms with E-state index in [4.69, 9.17) is 0 Å². The van der Waals surface area contributed by atoms with Crippen molar-refractivity contribution in [3.05, 3.63) is 57.8 Å². The Morgan fingerprint density at radius 2 is 1.96 bits per heavy atom. The first-order valence-electron chi connectivity index (χ1n) is 9.59. The number of piperazine rings is 1. The van der Waals surface area contributed by atoms with Crippen LogP contribution in [0.25, 0.3) is 0 Å². The van der Waals surface area contributed by atoms with Gasteiger partial charge in [0.05, 0.1) is 6.54 Å². The Morgan fingerprint density at radius 3 is 2.71 bits per heavy atom. The molecule has 2 aromatic rings. The zero-order chi connectivity index (χ0) is 19.5. The Balaban J connectivity index is 1.37. The van der Waals surface area contributed by atoms with E-state index >= 15 is 0 Å². The number of hydrogen-bond donors (Lipinski definition) is 1. The third-order valence-corrected chi connectivity index (χ3v) is 6.22. The van der Waals surface area contributed by atoms with E-state index in [0.29, 0.717) is 25.2 Å². The lowest BCUT2D eigenvalue weighted by atomic mass is 9.98. The minimum absolute atomic E-state index is 0.0360. The van der Waals surface area contributed by atoms with Gasteiger partial charge in [-0.25, -0.2) is 0 Å². The highest BCUT2D eigenvalue weighted by molar-refractivity contribution is 7.09. The van der Waals surface area contributed by atoms with E-state index < -0.39 is 0 Å². The van der Waals surface area contributed by atoms with Crippen molar-refractivity contribution >= 4 is 29.1 Å². The van der Waals surface area contributed by atoms with Gasteiger partial charge in [-0.15, -0.1) is 11.3 Å². The van der Waals surface area contributed by atoms with Crippen LogP contribution in [0.1, 0.15) is 40.1 Å². The summed E-state index contributed by atoms with van der Waals surface area (Å²) in [4.78, 5) is 41.9. The molecule has 1 aromatic heterocycles. The lowest BCUT2D eigenvalue weighted by molar-refractivity contribution is -0.158. The molecule has 0 radical (unpaired) electrons. The van der Waals surface area contributed by atoms with Gasteiger partial charge < -0.3 is 15.1 Å². The number of thiophene rings is 1.